The van der Waals surface area contributed by atoms with Gasteiger partial charge in [-0.1, -0.05) is 54.6 Å². The van der Waals surface area contributed by atoms with Crippen molar-refractivity contribution in [1.29, 1.82) is 0 Å². The molecule has 4 aromatic carbocycles. The lowest BCUT2D eigenvalue weighted by Gasteiger charge is -2.30. The quantitative estimate of drug-likeness (QED) is 0.309. The van der Waals surface area contributed by atoms with Crippen molar-refractivity contribution in [3.8, 4) is 17.2 Å². The zero-order valence-corrected chi connectivity index (χ0v) is 21.7. The number of rotatable bonds is 5. The van der Waals surface area contributed by atoms with Crippen LogP contribution in [0.5, 0.6) is 17.2 Å². The Morgan fingerprint density at radius 3 is 2.18 bits per heavy atom. The predicted molar refractivity (Wildman–Crippen MR) is 150 cm³/mol. The molecule has 0 aromatic heterocycles. The number of carbonyl (C=O) groups is 1. The average molecular weight is 507 g/mol. The third-order valence-electron chi connectivity index (χ3n) is 7.60. The Kier molecular flexibility index (Phi) is 6.16. The first-order chi connectivity index (χ1) is 18.6. The fourth-order valence-corrected chi connectivity index (χ4v) is 5.80. The molecule has 1 heterocycles. The van der Waals surface area contributed by atoms with Crippen LogP contribution in [-0.2, 0) is 4.79 Å². The summed E-state index contributed by atoms with van der Waals surface area (Å²) in [5, 5.41) is 9.62. The molecule has 2 atom stereocenters. The van der Waals surface area contributed by atoms with Gasteiger partial charge >= 0.3 is 0 Å². The largest absolute Gasteiger partial charge is 0.493 e. The number of hydrogen-bond acceptors (Lipinski definition) is 6. The van der Waals surface area contributed by atoms with Crippen LogP contribution in [-0.4, -0.2) is 27.1 Å². The minimum atomic E-state index is -0.277. The standard InChI is InChI=1S/C32H30N2O4/c1-36-28-17-21(18-29(37-2)32(28)38-3)20-15-26-30(27(35)16-20)31(34-25-14-7-6-13-24(25)33-26)23-12-8-10-19-9-4-5-11-22(19)23/h4-14,17-18,20,31,33-34H,15-16H2,1-3H3. The third-order valence-corrected chi connectivity index (χ3v) is 7.60. The number of Topliss-reactive ketones (excluding diaryl/α,β-unsaturated/α-hetero) is 1. The molecule has 0 radical (unpaired) electrons. The highest BCUT2D eigenvalue weighted by molar-refractivity contribution is 6.02. The zero-order valence-electron chi connectivity index (χ0n) is 21.7. The van der Waals surface area contributed by atoms with Gasteiger partial charge < -0.3 is 24.8 Å². The van der Waals surface area contributed by atoms with Crippen LogP contribution in [0, 0.1) is 0 Å². The van der Waals surface area contributed by atoms with Crippen molar-refractivity contribution >= 4 is 27.9 Å². The van der Waals surface area contributed by atoms with Gasteiger partial charge in [0.1, 0.15) is 0 Å². The molecule has 1 aliphatic heterocycles. The Hall–Kier alpha value is -4.45. The number of para-hydroxylation sites is 2. The predicted octanol–water partition coefficient (Wildman–Crippen LogP) is 6.85. The Labute approximate surface area is 222 Å². The molecule has 0 spiro atoms. The van der Waals surface area contributed by atoms with Gasteiger partial charge in [-0.25, -0.2) is 0 Å². The van der Waals surface area contributed by atoms with Gasteiger partial charge in [0.05, 0.1) is 38.7 Å². The maximum absolute atomic E-state index is 14.0. The lowest BCUT2D eigenvalue weighted by Crippen LogP contribution is -2.27. The van der Waals surface area contributed by atoms with Crippen LogP contribution in [0.3, 0.4) is 0 Å². The van der Waals surface area contributed by atoms with Crippen LogP contribution in [0.1, 0.15) is 35.9 Å². The van der Waals surface area contributed by atoms with Gasteiger partial charge in [-0.15, -0.1) is 0 Å². The molecule has 4 aromatic rings. The normalized spacial score (nSPS) is 18.6. The molecular formula is C32H30N2O4. The summed E-state index contributed by atoms with van der Waals surface area (Å²) in [5.74, 6) is 1.80. The minimum absolute atomic E-state index is 0.0408. The van der Waals surface area contributed by atoms with E-state index in [2.05, 4.69) is 47.0 Å². The third kappa shape index (κ3) is 4.02. The molecule has 2 unspecified atom stereocenters. The summed E-state index contributed by atoms with van der Waals surface area (Å²) in [6, 6.07) is 26.4. The van der Waals surface area contributed by atoms with Gasteiger partial charge in [0, 0.05) is 17.7 Å². The second kappa shape index (κ2) is 9.78. The Morgan fingerprint density at radius 2 is 1.45 bits per heavy atom. The van der Waals surface area contributed by atoms with E-state index in [1.54, 1.807) is 21.3 Å². The van der Waals surface area contributed by atoms with Crippen molar-refractivity contribution in [1.82, 2.24) is 0 Å². The van der Waals surface area contributed by atoms with Crippen LogP contribution in [0.25, 0.3) is 10.8 Å². The smallest absolute Gasteiger partial charge is 0.203 e. The van der Waals surface area contributed by atoms with E-state index in [1.807, 2.05) is 42.5 Å². The van der Waals surface area contributed by atoms with E-state index in [9.17, 15) is 4.79 Å². The summed E-state index contributed by atoms with van der Waals surface area (Å²) in [7, 11) is 4.81. The molecule has 0 fully saturated rings. The molecule has 38 heavy (non-hydrogen) atoms. The van der Waals surface area contributed by atoms with Crippen molar-refractivity contribution in [2.75, 3.05) is 32.0 Å². The summed E-state index contributed by atoms with van der Waals surface area (Å²) in [4.78, 5) is 14.0. The lowest BCUT2D eigenvalue weighted by atomic mass is 9.78. The van der Waals surface area contributed by atoms with Crippen LogP contribution >= 0.6 is 0 Å². The molecule has 2 aliphatic rings. The maximum Gasteiger partial charge on any atom is 0.203 e. The molecule has 6 rings (SSSR count). The number of methoxy groups -OCH3 is 3. The molecule has 0 saturated heterocycles. The van der Waals surface area contributed by atoms with E-state index in [4.69, 9.17) is 14.2 Å². The summed E-state index contributed by atoms with van der Waals surface area (Å²) in [6.45, 7) is 0. The number of carbonyl (C=O) groups excluding carboxylic acids is 1. The maximum atomic E-state index is 14.0. The highest BCUT2D eigenvalue weighted by atomic mass is 16.5. The molecule has 0 amide bonds. The molecule has 6 heteroatoms. The number of nitrogens with one attached hydrogen (secondary N) is 2. The van der Waals surface area contributed by atoms with Crippen molar-refractivity contribution in [2.24, 2.45) is 0 Å². The Bertz CT molecular complexity index is 1540. The number of allylic oxidation sites excluding steroid dienone is 1. The van der Waals surface area contributed by atoms with Gasteiger partial charge in [0.2, 0.25) is 5.75 Å². The summed E-state index contributed by atoms with van der Waals surface area (Å²) < 4.78 is 16.7. The van der Waals surface area contributed by atoms with Gasteiger partial charge in [-0.2, -0.15) is 0 Å². The molecule has 0 bridgehead atoms. The summed E-state index contributed by atoms with van der Waals surface area (Å²) >= 11 is 0. The minimum Gasteiger partial charge on any atom is -0.493 e. The van der Waals surface area contributed by atoms with Gasteiger partial charge in [-0.3, -0.25) is 4.79 Å². The fourth-order valence-electron chi connectivity index (χ4n) is 5.80. The fraction of sp³-hybridized carbons (Fsp3) is 0.219. The highest BCUT2D eigenvalue weighted by Gasteiger charge is 2.37. The van der Waals surface area contributed by atoms with E-state index < -0.39 is 0 Å². The zero-order chi connectivity index (χ0) is 26.2. The first kappa shape index (κ1) is 23.9. The molecule has 2 N–H and O–H groups in total. The molecule has 1 aliphatic carbocycles. The topological polar surface area (TPSA) is 68.8 Å². The second-order valence-electron chi connectivity index (χ2n) is 9.70. The van der Waals surface area contributed by atoms with E-state index in [-0.39, 0.29) is 17.7 Å². The first-order valence-electron chi connectivity index (χ1n) is 12.8. The van der Waals surface area contributed by atoms with E-state index >= 15 is 0 Å². The Balaban J connectivity index is 1.49. The van der Waals surface area contributed by atoms with Crippen molar-refractivity contribution in [2.45, 2.75) is 24.8 Å². The van der Waals surface area contributed by atoms with E-state index in [0.717, 1.165) is 44.5 Å². The second-order valence-corrected chi connectivity index (χ2v) is 9.70. The van der Waals surface area contributed by atoms with Crippen molar-refractivity contribution in [3.05, 3.63) is 101 Å². The number of ketones is 1. The van der Waals surface area contributed by atoms with Crippen LogP contribution < -0.4 is 24.8 Å². The van der Waals surface area contributed by atoms with E-state index in [0.29, 0.717) is 30.1 Å². The van der Waals surface area contributed by atoms with Gasteiger partial charge in [0.25, 0.3) is 0 Å². The summed E-state index contributed by atoms with van der Waals surface area (Å²) in [5.41, 5.74) is 5.73. The molecule has 0 saturated carbocycles. The molecular weight excluding hydrogens is 476 g/mol. The highest BCUT2D eigenvalue weighted by Crippen LogP contribution is 2.47. The van der Waals surface area contributed by atoms with Crippen LogP contribution in [0.4, 0.5) is 11.4 Å². The first-order valence-corrected chi connectivity index (χ1v) is 12.8. The number of benzene rings is 4. The van der Waals surface area contributed by atoms with E-state index in [1.165, 1.54) is 0 Å². The van der Waals surface area contributed by atoms with Crippen LogP contribution in [0.2, 0.25) is 0 Å². The SMILES string of the molecule is COc1cc(C2CC(=O)C3=C(C2)Nc2ccccc2NC3c2cccc3ccccc23)cc(OC)c1OC. The van der Waals surface area contributed by atoms with Crippen molar-refractivity contribution in [3.63, 3.8) is 0 Å². The number of anilines is 2. The average Bonchev–Trinajstić information content (AvgIpc) is 3.13. The van der Waals surface area contributed by atoms with Gasteiger partial charge in [0.15, 0.2) is 17.3 Å². The monoisotopic (exact) mass is 506 g/mol. The Morgan fingerprint density at radius 1 is 0.763 bits per heavy atom. The lowest BCUT2D eigenvalue weighted by molar-refractivity contribution is -0.116. The molecule has 6 nitrogen and oxygen atoms in total. The number of hydrogen-bond donors (Lipinski definition) is 2. The number of ether oxygens (including phenoxy) is 3. The summed E-state index contributed by atoms with van der Waals surface area (Å²) in [6.07, 6.45) is 1.06. The van der Waals surface area contributed by atoms with Crippen LogP contribution in [0.15, 0.2) is 90.1 Å². The van der Waals surface area contributed by atoms with Gasteiger partial charge in [-0.05, 0) is 58.5 Å². The number of fused-ring (bicyclic) bond motifs is 2. The molecule has 192 valence electrons. The van der Waals surface area contributed by atoms with Crippen molar-refractivity contribution < 1.29 is 19.0 Å².